The van der Waals surface area contributed by atoms with Crippen LogP contribution in [0.15, 0.2) is 23.0 Å². The minimum Gasteiger partial charge on any atom is -0.324 e. The van der Waals surface area contributed by atoms with Gasteiger partial charge < -0.3 is 5.32 Å². The monoisotopic (exact) mass is 396 g/mol. The van der Waals surface area contributed by atoms with Gasteiger partial charge in [-0.3, -0.25) is 9.59 Å². The van der Waals surface area contributed by atoms with Crippen LogP contribution in [0, 0.1) is 19.8 Å². The predicted molar refractivity (Wildman–Crippen MR) is 112 cm³/mol. The van der Waals surface area contributed by atoms with E-state index in [1.807, 2.05) is 32.0 Å². The van der Waals surface area contributed by atoms with Crippen molar-refractivity contribution in [2.75, 3.05) is 5.32 Å². The number of amides is 1. The lowest BCUT2D eigenvalue weighted by Gasteiger charge is -2.18. The summed E-state index contributed by atoms with van der Waals surface area (Å²) in [6, 6.07) is 5.09. The summed E-state index contributed by atoms with van der Waals surface area (Å²) in [5.74, 6) is 0.346. The first-order valence-electron chi connectivity index (χ1n) is 9.63. The maximum atomic E-state index is 13.1. The Morgan fingerprint density at radius 2 is 2.14 bits per heavy atom. The molecule has 0 fully saturated rings. The van der Waals surface area contributed by atoms with E-state index in [0.29, 0.717) is 16.1 Å². The van der Waals surface area contributed by atoms with Crippen LogP contribution in [-0.2, 0) is 17.6 Å². The van der Waals surface area contributed by atoms with E-state index in [4.69, 9.17) is 0 Å². The smallest absolute Gasteiger partial charge is 0.279 e. The minimum absolute atomic E-state index is 0.222. The van der Waals surface area contributed by atoms with Gasteiger partial charge in [-0.2, -0.15) is 4.68 Å². The number of fused-ring (bicyclic) bond motifs is 3. The Kier molecular flexibility index (Phi) is 4.79. The van der Waals surface area contributed by atoms with Gasteiger partial charge in [0.15, 0.2) is 4.83 Å². The maximum absolute atomic E-state index is 13.1. The number of aromatic nitrogens is 3. The number of benzene rings is 1. The van der Waals surface area contributed by atoms with Crippen molar-refractivity contribution < 1.29 is 4.79 Å². The lowest BCUT2D eigenvalue weighted by Crippen LogP contribution is -2.34. The van der Waals surface area contributed by atoms with E-state index in [9.17, 15) is 9.59 Å². The van der Waals surface area contributed by atoms with Crippen molar-refractivity contribution in [2.45, 2.75) is 53.0 Å². The van der Waals surface area contributed by atoms with Gasteiger partial charge in [0.1, 0.15) is 6.04 Å². The van der Waals surface area contributed by atoms with E-state index in [0.717, 1.165) is 41.6 Å². The average Bonchev–Trinajstić information content (AvgIpc) is 3.02. The fourth-order valence-electron chi connectivity index (χ4n) is 3.83. The molecule has 0 radical (unpaired) electrons. The molecule has 1 aromatic carbocycles. The van der Waals surface area contributed by atoms with Crippen LogP contribution >= 0.6 is 11.3 Å². The fraction of sp³-hybridized carbons (Fsp3) is 0.429. The van der Waals surface area contributed by atoms with E-state index < -0.39 is 6.04 Å². The Labute approximate surface area is 167 Å². The summed E-state index contributed by atoms with van der Waals surface area (Å²) >= 11 is 1.56. The summed E-state index contributed by atoms with van der Waals surface area (Å²) < 4.78 is 1.21. The second kappa shape index (κ2) is 7.13. The molecule has 4 rings (SSSR count). The SMILES string of the molecule is Cc1ccc(NC(=O)[C@@H](C)n2nnc3sc4c(c3c2=O)CC[C@@H](C)C4)c(C)c1. The standard InChI is InChI=1S/C21H24N4O2S/c1-11-6-8-16(13(3)9-11)22-19(26)14(4)25-21(27)18-15-7-5-12(2)10-17(15)28-20(18)23-24-25/h6,8-9,12,14H,5,7,10H2,1-4H3,(H,22,26)/t12-,14-/m1/s1. The lowest BCUT2D eigenvalue weighted by molar-refractivity contribution is -0.119. The third-order valence-corrected chi connectivity index (χ3v) is 6.67. The minimum atomic E-state index is -0.747. The highest BCUT2D eigenvalue weighted by atomic mass is 32.1. The molecule has 0 unspecified atom stereocenters. The molecular weight excluding hydrogens is 372 g/mol. The van der Waals surface area contributed by atoms with E-state index in [1.54, 1.807) is 18.3 Å². The Hall–Kier alpha value is -2.54. The van der Waals surface area contributed by atoms with Crippen LogP contribution in [0.5, 0.6) is 0 Å². The molecule has 0 spiro atoms. The van der Waals surface area contributed by atoms with Crippen molar-refractivity contribution in [2.24, 2.45) is 5.92 Å². The Morgan fingerprint density at radius 3 is 2.89 bits per heavy atom. The molecular formula is C21H24N4O2S. The molecule has 0 saturated carbocycles. The molecule has 1 aliphatic carbocycles. The maximum Gasteiger partial charge on any atom is 0.279 e. The molecule has 2 heterocycles. The van der Waals surface area contributed by atoms with Gasteiger partial charge in [0, 0.05) is 10.6 Å². The molecule has 146 valence electrons. The van der Waals surface area contributed by atoms with Crippen molar-refractivity contribution >= 4 is 33.1 Å². The highest BCUT2D eigenvalue weighted by Gasteiger charge is 2.26. The molecule has 3 aromatic rings. The number of carbonyl (C=O) groups excluding carboxylic acids is 1. The summed E-state index contributed by atoms with van der Waals surface area (Å²) in [7, 11) is 0. The van der Waals surface area contributed by atoms with Gasteiger partial charge in [0.05, 0.1) is 5.39 Å². The third kappa shape index (κ3) is 3.24. The van der Waals surface area contributed by atoms with E-state index >= 15 is 0 Å². The number of nitrogens with zero attached hydrogens (tertiary/aromatic N) is 3. The summed E-state index contributed by atoms with van der Waals surface area (Å²) in [6.07, 6.45) is 2.95. The number of rotatable bonds is 3. The highest BCUT2D eigenvalue weighted by molar-refractivity contribution is 7.18. The molecule has 0 aliphatic heterocycles. The number of carbonyl (C=O) groups is 1. The molecule has 2 atom stereocenters. The first-order chi connectivity index (χ1) is 13.3. The van der Waals surface area contributed by atoms with Crippen molar-refractivity contribution in [3.63, 3.8) is 0 Å². The van der Waals surface area contributed by atoms with Gasteiger partial charge in [-0.15, -0.1) is 16.4 Å². The Bertz CT molecular complexity index is 1130. The Morgan fingerprint density at radius 1 is 1.36 bits per heavy atom. The largest absolute Gasteiger partial charge is 0.324 e. The van der Waals surface area contributed by atoms with Crippen LogP contribution in [-0.4, -0.2) is 20.9 Å². The molecule has 1 amide bonds. The molecule has 6 nitrogen and oxygen atoms in total. The van der Waals surface area contributed by atoms with E-state index in [-0.39, 0.29) is 11.5 Å². The number of hydrogen-bond acceptors (Lipinski definition) is 5. The molecule has 2 aromatic heterocycles. The number of nitrogens with one attached hydrogen (secondary N) is 1. The zero-order valence-electron chi connectivity index (χ0n) is 16.6. The molecule has 0 saturated heterocycles. The third-order valence-electron chi connectivity index (χ3n) is 5.53. The normalized spacial score (nSPS) is 17.4. The van der Waals surface area contributed by atoms with Crippen molar-refractivity contribution in [1.29, 1.82) is 0 Å². The summed E-state index contributed by atoms with van der Waals surface area (Å²) in [5, 5.41) is 11.9. The van der Waals surface area contributed by atoms with Crippen LogP contribution in [0.3, 0.4) is 0 Å². The van der Waals surface area contributed by atoms with Crippen LogP contribution in [0.4, 0.5) is 5.69 Å². The van der Waals surface area contributed by atoms with Crippen LogP contribution in [0.2, 0.25) is 0 Å². The van der Waals surface area contributed by atoms with Crippen molar-refractivity contribution in [1.82, 2.24) is 15.0 Å². The van der Waals surface area contributed by atoms with Gasteiger partial charge in [0.2, 0.25) is 5.91 Å². The summed E-state index contributed by atoms with van der Waals surface area (Å²) in [6.45, 7) is 7.87. The van der Waals surface area contributed by atoms with E-state index in [1.165, 1.54) is 9.56 Å². The number of thiophene rings is 1. The van der Waals surface area contributed by atoms with E-state index in [2.05, 4.69) is 22.6 Å². The van der Waals surface area contributed by atoms with Gasteiger partial charge in [0.25, 0.3) is 5.56 Å². The van der Waals surface area contributed by atoms with Crippen LogP contribution in [0.25, 0.3) is 10.2 Å². The van der Waals surface area contributed by atoms with Gasteiger partial charge in [-0.1, -0.05) is 29.8 Å². The second-order valence-electron chi connectivity index (χ2n) is 7.85. The van der Waals surface area contributed by atoms with Crippen molar-refractivity contribution in [3.05, 3.63) is 50.1 Å². The highest BCUT2D eigenvalue weighted by Crippen LogP contribution is 2.35. The zero-order chi connectivity index (χ0) is 20.0. The van der Waals surface area contributed by atoms with Crippen molar-refractivity contribution in [3.8, 4) is 0 Å². The second-order valence-corrected chi connectivity index (χ2v) is 8.94. The van der Waals surface area contributed by atoms with Gasteiger partial charge in [-0.05, 0) is 63.1 Å². The summed E-state index contributed by atoms with van der Waals surface area (Å²) in [5.41, 5.74) is 3.74. The number of aryl methyl sites for hydroxylation is 3. The number of anilines is 1. The summed E-state index contributed by atoms with van der Waals surface area (Å²) in [4.78, 5) is 27.8. The quantitative estimate of drug-likeness (QED) is 0.731. The topological polar surface area (TPSA) is 76.9 Å². The van der Waals surface area contributed by atoms with Crippen LogP contribution < -0.4 is 10.9 Å². The average molecular weight is 397 g/mol. The molecule has 7 heteroatoms. The molecule has 1 N–H and O–H groups in total. The first-order valence-corrected chi connectivity index (χ1v) is 10.4. The van der Waals surface area contributed by atoms with Crippen LogP contribution in [0.1, 0.15) is 47.9 Å². The predicted octanol–water partition coefficient (Wildman–Crippen LogP) is 3.79. The Balaban J connectivity index is 1.67. The molecule has 28 heavy (non-hydrogen) atoms. The molecule has 0 bridgehead atoms. The zero-order valence-corrected chi connectivity index (χ0v) is 17.4. The fourth-order valence-corrected chi connectivity index (χ4v) is 5.15. The van der Waals surface area contributed by atoms with Gasteiger partial charge in [-0.25, -0.2) is 0 Å². The molecule has 1 aliphatic rings. The van der Waals surface area contributed by atoms with Gasteiger partial charge >= 0.3 is 0 Å². The first kappa shape index (κ1) is 18.8. The lowest BCUT2D eigenvalue weighted by atomic mass is 9.89. The number of hydrogen-bond donors (Lipinski definition) is 1.